The van der Waals surface area contributed by atoms with Crippen LogP contribution in [0.1, 0.15) is 50.9 Å². The van der Waals surface area contributed by atoms with Gasteiger partial charge in [-0.2, -0.15) is 0 Å². The minimum Gasteiger partial charge on any atom is -0.454 e. The van der Waals surface area contributed by atoms with Crippen molar-refractivity contribution in [3.63, 3.8) is 0 Å². The number of likely N-dealkylation sites (tertiary alicyclic amines) is 1. The Bertz CT molecular complexity index is 1300. The van der Waals surface area contributed by atoms with Crippen molar-refractivity contribution in [3.8, 4) is 11.5 Å². The van der Waals surface area contributed by atoms with Gasteiger partial charge in [-0.1, -0.05) is 30.3 Å². The highest BCUT2D eigenvalue weighted by molar-refractivity contribution is 5.95. The van der Waals surface area contributed by atoms with Crippen LogP contribution in [0.15, 0.2) is 66.9 Å². The molecule has 2 atom stereocenters. The van der Waals surface area contributed by atoms with Crippen LogP contribution in [0, 0.1) is 0 Å². The third kappa shape index (κ3) is 3.60. The van der Waals surface area contributed by atoms with Gasteiger partial charge in [0, 0.05) is 37.4 Å². The van der Waals surface area contributed by atoms with Crippen LogP contribution in [-0.2, 0) is 10.2 Å². The van der Waals surface area contributed by atoms with Crippen molar-refractivity contribution in [2.75, 3.05) is 27.0 Å². The maximum Gasteiger partial charge on any atom is 0.270 e. The van der Waals surface area contributed by atoms with E-state index in [4.69, 9.17) is 14.2 Å². The van der Waals surface area contributed by atoms with Crippen LogP contribution in [-0.4, -0.2) is 54.8 Å². The number of hydrogen-bond donors (Lipinski definition) is 1. The second-order valence-corrected chi connectivity index (χ2v) is 9.43. The van der Waals surface area contributed by atoms with Crippen molar-refractivity contribution < 1.29 is 23.8 Å². The summed E-state index contributed by atoms with van der Waals surface area (Å²) >= 11 is 0. The van der Waals surface area contributed by atoms with Gasteiger partial charge in [-0.15, -0.1) is 0 Å². The number of methoxy groups -OCH3 is 1. The predicted octanol–water partition coefficient (Wildman–Crippen LogP) is 3.48. The molecule has 8 heteroatoms. The molecule has 8 nitrogen and oxygen atoms in total. The Balaban J connectivity index is 1.24. The average molecular weight is 486 g/mol. The largest absolute Gasteiger partial charge is 0.454 e. The molecule has 1 aromatic heterocycles. The molecule has 0 bridgehead atoms. The number of carbonyl (C=O) groups excluding carboxylic acids is 2. The highest BCUT2D eigenvalue weighted by Crippen LogP contribution is 2.52. The van der Waals surface area contributed by atoms with Crippen molar-refractivity contribution in [1.29, 1.82) is 0 Å². The summed E-state index contributed by atoms with van der Waals surface area (Å²) in [5.41, 5.74) is 2.89. The third-order valence-electron chi connectivity index (χ3n) is 7.68. The molecule has 1 N–H and O–H groups in total. The highest BCUT2D eigenvalue weighted by atomic mass is 16.7. The number of nitrogens with zero attached hydrogens (tertiary/aromatic N) is 2. The number of pyridine rings is 1. The second-order valence-electron chi connectivity index (χ2n) is 9.43. The third-order valence-corrected chi connectivity index (χ3v) is 7.68. The van der Waals surface area contributed by atoms with E-state index in [1.165, 1.54) is 5.56 Å². The van der Waals surface area contributed by atoms with E-state index < -0.39 is 0 Å². The lowest BCUT2D eigenvalue weighted by molar-refractivity contribution is -0.00933. The van der Waals surface area contributed by atoms with Crippen molar-refractivity contribution in [2.24, 2.45) is 0 Å². The number of rotatable bonds is 4. The zero-order chi connectivity index (χ0) is 24.7. The Morgan fingerprint density at radius 2 is 1.81 bits per heavy atom. The predicted molar refractivity (Wildman–Crippen MR) is 131 cm³/mol. The monoisotopic (exact) mass is 485 g/mol. The first-order valence-electron chi connectivity index (χ1n) is 12.1. The Morgan fingerprint density at radius 1 is 1.03 bits per heavy atom. The van der Waals surface area contributed by atoms with E-state index in [0.29, 0.717) is 35.8 Å². The summed E-state index contributed by atoms with van der Waals surface area (Å²) in [5, 5.41) is 3.17. The molecule has 6 rings (SSSR count). The van der Waals surface area contributed by atoms with E-state index in [1.807, 2.05) is 17.0 Å². The molecule has 1 saturated heterocycles. The minimum atomic E-state index is -0.309. The van der Waals surface area contributed by atoms with Gasteiger partial charge < -0.3 is 24.4 Å². The fourth-order valence-corrected chi connectivity index (χ4v) is 5.96. The van der Waals surface area contributed by atoms with Crippen molar-refractivity contribution in [3.05, 3.63) is 89.2 Å². The number of aromatic nitrogens is 1. The smallest absolute Gasteiger partial charge is 0.270 e. The van der Waals surface area contributed by atoms with Crippen LogP contribution in [0.25, 0.3) is 0 Å². The van der Waals surface area contributed by atoms with Gasteiger partial charge in [-0.25, -0.2) is 0 Å². The maximum atomic E-state index is 13.3. The Hall–Kier alpha value is -3.91. The first kappa shape index (κ1) is 22.5. The normalized spacial score (nSPS) is 21.3. The molecular formula is C28H27N3O5. The zero-order valence-corrected chi connectivity index (χ0v) is 20.0. The number of piperidine rings is 1. The van der Waals surface area contributed by atoms with Crippen LogP contribution < -0.4 is 14.8 Å². The van der Waals surface area contributed by atoms with Crippen molar-refractivity contribution in [2.45, 2.75) is 30.4 Å². The average Bonchev–Trinajstić information content (AvgIpc) is 3.50. The number of benzene rings is 2. The number of ether oxygens (including phenoxy) is 3. The summed E-state index contributed by atoms with van der Waals surface area (Å²) in [5.74, 6) is 1.01. The first-order chi connectivity index (χ1) is 17.6. The van der Waals surface area contributed by atoms with Crippen molar-refractivity contribution in [1.82, 2.24) is 15.2 Å². The van der Waals surface area contributed by atoms with Gasteiger partial charge in [0.2, 0.25) is 6.79 Å². The molecule has 1 aliphatic carbocycles. The summed E-state index contributed by atoms with van der Waals surface area (Å²) in [6, 6.07) is 18.5. The molecule has 3 aliphatic rings. The molecule has 1 spiro atoms. The Morgan fingerprint density at radius 3 is 2.58 bits per heavy atom. The van der Waals surface area contributed by atoms with E-state index in [-0.39, 0.29) is 36.2 Å². The molecule has 2 amide bonds. The van der Waals surface area contributed by atoms with Gasteiger partial charge >= 0.3 is 0 Å². The van der Waals surface area contributed by atoms with Gasteiger partial charge in [0.15, 0.2) is 11.5 Å². The fourth-order valence-electron chi connectivity index (χ4n) is 5.96. The topological polar surface area (TPSA) is 90.0 Å². The molecule has 2 aliphatic heterocycles. The van der Waals surface area contributed by atoms with E-state index in [0.717, 1.165) is 18.4 Å². The lowest BCUT2D eigenvalue weighted by Gasteiger charge is -2.44. The maximum absolute atomic E-state index is 13.3. The summed E-state index contributed by atoms with van der Waals surface area (Å²) in [6.07, 6.45) is 2.81. The van der Waals surface area contributed by atoms with Crippen LogP contribution in [0.5, 0.6) is 11.5 Å². The van der Waals surface area contributed by atoms with Crippen LogP contribution >= 0.6 is 0 Å². The van der Waals surface area contributed by atoms with Crippen LogP contribution in [0.4, 0.5) is 0 Å². The molecule has 3 heterocycles. The van der Waals surface area contributed by atoms with E-state index in [1.54, 1.807) is 49.7 Å². The van der Waals surface area contributed by atoms with Crippen LogP contribution in [0.2, 0.25) is 0 Å². The van der Waals surface area contributed by atoms with Gasteiger partial charge in [0.05, 0.1) is 12.1 Å². The Labute approximate surface area is 209 Å². The zero-order valence-electron chi connectivity index (χ0n) is 20.0. The summed E-state index contributed by atoms with van der Waals surface area (Å²) in [4.78, 5) is 32.4. The molecule has 1 fully saturated rings. The molecule has 184 valence electrons. The molecule has 2 aromatic carbocycles. The summed E-state index contributed by atoms with van der Waals surface area (Å²) in [6.45, 7) is 1.35. The highest BCUT2D eigenvalue weighted by Gasteiger charge is 2.54. The SMILES string of the molecule is CO[C@H]1[C@H](NC(=O)c2ccccn2)c2ccccc2C12CCN(C(=O)c1ccc3c(c1)OCO3)CC2. The first-order valence-corrected chi connectivity index (χ1v) is 12.1. The van der Waals surface area contributed by atoms with Crippen LogP contribution in [0.3, 0.4) is 0 Å². The standard InChI is InChI=1S/C28H27N3O5/c1-34-25-24(30-26(32)21-8-4-5-13-29-21)19-6-2-3-7-20(19)28(25)11-14-31(15-12-28)27(33)18-9-10-22-23(16-18)36-17-35-22/h2-10,13,16,24-25H,11-12,14-15,17H2,1H3,(H,30,32)/t24-,25+/m1/s1. The molecule has 0 unspecified atom stereocenters. The number of hydrogen-bond acceptors (Lipinski definition) is 6. The van der Waals surface area contributed by atoms with Gasteiger partial charge in [-0.05, 0) is 54.3 Å². The Kier molecular flexibility index (Phi) is 5.60. The van der Waals surface area contributed by atoms with Crippen molar-refractivity contribution >= 4 is 11.8 Å². The number of carbonyl (C=O) groups is 2. The molecule has 0 saturated carbocycles. The van der Waals surface area contributed by atoms with E-state index in [9.17, 15) is 9.59 Å². The number of amides is 2. The van der Waals surface area contributed by atoms with Gasteiger partial charge in [0.1, 0.15) is 5.69 Å². The molecular weight excluding hydrogens is 458 g/mol. The number of nitrogens with one attached hydrogen (secondary N) is 1. The number of fused-ring (bicyclic) bond motifs is 3. The summed E-state index contributed by atoms with van der Waals surface area (Å²) < 4.78 is 16.9. The molecule has 0 radical (unpaired) electrons. The summed E-state index contributed by atoms with van der Waals surface area (Å²) in [7, 11) is 1.70. The lowest BCUT2D eigenvalue weighted by atomic mass is 9.71. The second kappa shape index (κ2) is 8.95. The van der Waals surface area contributed by atoms with E-state index >= 15 is 0 Å². The minimum absolute atomic E-state index is 0.0246. The van der Waals surface area contributed by atoms with Gasteiger partial charge in [-0.3, -0.25) is 14.6 Å². The molecule has 36 heavy (non-hydrogen) atoms. The lowest BCUT2D eigenvalue weighted by Crippen LogP contribution is -2.51. The fraction of sp³-hybridized carbons (Fsp3) is 0.321. The van der Waals surface area contributed by atoms with Gasteiger partial charge in [0.25, 0.3) is 11.8 Å². The quantitative estimate of drug-likeness (QED) is 0.609. The molecule has 3 aromatic rings. The van der Waals surface area contributed by atoms with E-state index in [2.05, 4.69) is 22.4 Å².